The Morgan fingerprint density at radius 1 is 1.07 bits per heavy atom. The van der Waals surface area contributed by atoms with Gasteiger partial charge in [-0.15, -0.1) is 0 Å². The van der Waals surface area contributed by atoms with E-state index in [0.717, 1.165) is 5.56 Å². The molecular formula is C20H22ClNO5. The molecule has 0 aliphatic carbocycles. The zero-order valence-corrected chi connectivity index (χ0v) is 15.7. The van der Waals surface area contributed by atoms with E-state index in [-0.39, 0.29) is 43.7 Å². The van der Waals surface area contributed by atoms with Crippen LogP contribution in [0.15, 0.2) is 48.5 Å². The number of halogens is 1. The van der Waals surface area contributed by atoms with Gasteiger partial charge >= 0.3 is 0 Å². The van der Waals surface area contributed by atoms with Gasteiger partial charge in [0.15, 0.2) is 11.5 Å². The number of carbonyl (C=O) groups is 1. The molecule has 0 radical (unpaired) electrons. The Morgan fingerprint density at radius 2 is 1.67 bits per heavy atom. The van der Waals surface area contributed by atoms with Crippen LogP contribution in [-0.4, -0.2) is 59.5 Å². The molecule has 0 aromatic heterocycles. The predicted octanol–water partition coefficient (Wildman–Crippen LogP) is 2.30. The maximum absolute atomic E-state index is 12.7. The third kappa shape index (κ3) is 5.47. The van der Waals surface area contributed by atoms with Crippen LogP contribution in [-0.2, 0) is 4.79 Å². The number of aliphatic hydroxyl groups is 2. The van der Waals surface area contributed by atoms with Crippen molar-refractivity contribution in [3.05, 3.63) is 64.7 Å². The van der Waals surface area contributed by atoms with E-state index in [2.05, 4.69) is 0 Å². The van der Waals surface area contributed by atoms with Crippen LogP contribution in [0.5, 0.6) is 11.5 Å². The van der Waals surface area contributed by atoms with Crippen molar-refractivity contribution in [3.63, 3.8) is 0 Å². The highest BCUT2D eigenvalue weighted by Gasteiger charge is 2.15. The van der Waals surface area contributed by atoms with Gasteiger partial charge in [-0.25, -0.2) is 0 Å². The number of phenolic OH excluding ortho intramolecular Hbond substituents is 1. The summed E-state index contributed by atoms with van der Waals surface area (Å²) in [5.74, 6) is -0.0808. The minimum atomic E-state index is -0.352. The lowest BCUT2D eigenvalue weighted by Gasteiger charge is -2.20. The van der Waals surface area contributed by atoms with Crippen molar-refractivity contribution < 1.29 is 24.9 Å². The lowest BCUT2D eigenvalue weighted by molar-refractivity contribution is -0.127. The smallest absolute Gasteiger partial charge is 0.247 e. The van der Waals surface area contributed by atoms with E-state index in [1.165, 1.54) is 24.2 Å². The number of amides is 1. The number of nitrogens with zero attached hydrogens (tertiary/aromatic N) is 1. The van der Waals surface area contributed by atoms with Crippen LogP contribution in [0.4, 0.5) is 0 Å². The summed E-state index contributed by atoms with van der Waals surface area (Å²) in [6.07, 6.45) is 1.43. The van der Waals surface area contributed by atoms with Crippen LogP contribution in [0.2, 0.25) is 5.02 Å². The van der Waals surface area contributed by atoms with Gasteiger partial charge in [-0.3, -0.25) is 4.79 Å². The molecule has 0 bridgehead atoms. The van der Waals surface area contributed by atoms with Gasteiger partial charge in [0.05, 0.1) is 20.3 Å². The molecule has 3 N–H and O–H groups in total. The Hall–Kier alpha value is -2.54. The number of ether oxygens (including phenoxy) is 1. The summed E-state index contributed by atoms with van der Waals surface area (Å²) >= 11 is 5.97. The summed E-state index contributed by atoms with van der Waals surface area (Å²) in [7, 11) is 1.44. The van der Waals surface area contributed by atoms with E-state index >= 15 is 0 Å². The number of rotatable bonds is 8. The van der Waals surface area contributed by atoms with Crippen LogP contribution in [0.25, 0.3) is 5.57 Å². The van der Waals surface area contributed by atoms with Crippen LogP contribution in [0.3, 0.4) is 0 Å². The van der Waals surface area contributed by atoms with Crippen LogP contribution in [0.1, 0.15) is 11.1 Å². The maximum atomic E-state index is 12.7. The fourth-order valence-electron chi connectivity index (χ4n) is 2.60. The molecule has 0 spiro atoms. The molecule has 0 atom stereocenters. The molecule has 0 heterocycles. The first kappa shape index (κ1) is 20.8. The average molecular weight is 392 g/mol. The molecule has 6 nitrogen and oxygen atoms in total. The fourth-order valence-corrected chi connectivity index (χ4v) is 2.72. The molecule has 2 rings (SSSR count). The van der Waals surface area contributed by atoms with Crippen molar-refractivity contribution in [2.75, 3.05) is 33.4 Å². The number of hydrogen-bond donors (Lipinski definition) is 3. The van der Waals surface area contributed by atoms with Gasteiger partial charge in [-0.2, -0.15) is 0 Å². The maximum Gasteiger partial charge on any atom is 0.247 e. The normalized spacial score (nSPS) is 11.3. The van der Waals surface area contributed by atoms with Crippen molar-refractivity contribution >= 4 is 23.1 Å². The second kappa shape index (κ2) is 9.97. The molecular weight excluding hydrogens is 370 g/mol. The second-order valence-corrected chi connectivity index (χ2v) is 6.16. The van der Waals surface area contributed by atoms with Gasteiger partial charge in [0.2, 0.25) is 5.91 Å². The molecule has 1 amide bonds. The lowest BCUT2D eigenvalue weighted by Crippen LogP contribution is -2.34. The first-order chi connectivity index (χ1) is 13.0. The van der Waals surface area contributed by atoms with Gasteiger partial charge in [-0.05, 0) is 41.0 Å². The summed E-state index contributed by atoms with van der Waals surface area (Å²) in [6, 6.07) is 11.8. The Balaban J connectivity index is 2.52. The molecule has 0 saturated carbocycles. The zero-order valence-electron chi connectivity index (χ0n) is 14.9. The quantitative estimate of drug-likeness (QED) is 0.601. The molecule has 0 aliphatic rings. The number of carbonyl (C=O) groups excluding carboxylic acids is 1. The Labute approximate surface area is 162 Å². The van der Waals surface area contributed by atoms with Crippen LogP contribution in [0, 0.1) is 0 Å². The lowest BCUT2D eigenvalue weighted by atomic mass is 9.97. The van der Waals surface area contributed by atoms with Gasteiger partial charge in [-0.1, -0.05) is 29.8 Å². The molecule has 0 saturated heterocycles. The van der Waals surface area contributed by atoms with Crippen molar-refractivity contribution in [2.45, 2.75) is 0 Å². The number of methoxy groups -OCH3 is 1. The molecule has 0 unspecified atom stereocenters. The van der Waals surface area contributed by atoms with E-state index in [1.54, 1.807) is 36.4 Å². The largest absolute Gasteiger partial charge is 0.504 e. The van der Waals surface area contributed by atoms with Gasteiger partial charge in [0.25, 0.3) is 0 Å². The highest BCUT2D eigenvalue weighted by molar-refractivity contribution is 6.30. The number of benzene rings is 2. The van der Waals surface area contributed by atoms with Crippen molar-refractivity contribution in [1.29, 1.82) is 0 Å². The van der Waals surface area contributed by atoms with E-state index in [9.17, 15) is 9.90 Å². The SMILES string of the molecule is COc1cc(C(=CC(=O)N(CCO)CCO)c2ccc(Cl)cc2)ccc1O. The number of aliphatic hydroxyl groups excluding tert-OH is 2. The second-order valence-electron chi connectivity index (χ2n) is 5.72. The minimum Gasteiger partial charge on any atom is -0.504 e. The molecule has 0 fully saturated rings. The third-order valence-corrected chi connectivity index (χ3v) is 4.22. The predicted molar refractivity (Wildman–Crippen MR) is 104 cm³/mol. The van der Waals surface area contributed by atoms with Gasteiger partial charge < -0.3 is 25.0 Å². The summed E-state index contributed by atoms with van der Waals surface area (Å²) < 4.78 is 5.16. The van der Waals surface area contributed by atoms with Crippen LogP contribution < -0.4 is 4.74 Å². The monoisotopic (exact) mass is 391 g/mol. The third-order valence-electron chi connectivity index (χ3n) is 3.97. The molecule has 2 aromatic rings. The Morgan fingerprint density at radius 3 is 2.22 bits per heavy atom. The molecule has 0 aliphatic heterocycles. The summed E-state index contributed by atoms with van der Waals surface area (Å²) in [4.78, 5) is 14.0. The highest BCUT2D eigenvalue weighted by atomic mass is 35.5. The molecule has 2 aromatic carbocycles. The topological polar surface area (TPSA) is 90.2 Å². The standard InChI is InChI=1S/C20H22ClNO5/c1-27-19-12-15(4-7-18(19)25)17(14-2-5-16(21)6-3-14)13-20(26)22(8-10-23)9-11-24/h2-7,12-13,23-25H,8-11H2,1H3. The van der Waals surface area contributed by atoms with E-state index < -0.39 is 0 Å². The molecule has 27 heavy (non-hydrogen) atoms. The Bertz CT molecular complexity index is 799. The summed E-state index contributed by atoms with van der Waals surface area (Å²) in [5, 5.41) is 28.7. The number of aromatic hydroxyl groups is 1. The average Bonchev–Trinajstić information content (AvgIpc) is 2.67. The summed E-state index contributed by atoms with van der Waals surface area (Å²) in [6.45, 7) is -0.183. The van der Waals surface area contributed by atoms with E-state index in [0.29, 0.717) is 16.2 Å². The highest BCUT2D eigenvalue weighted by Crippen LogP contribution is 2.32. The number of phenols is 1. The van der Waals surface area contributed by atoms with Crippen molar-refractivity contribution in [3.8, 4) is 11.5 Å². The van der Waals surface area contributed by atoms with Gasteiger partial charge in [0.1, 0.15) is 0 Å². The van der Waals surface area contributed by atoms with Gasteiger partial charge in [0, 0.05) is 24.2 Å². The first-order valence-corrected chi connectivity index (χ1v) is 8.73. The Kier molecular flexibility index (Phi) is 7.67. The fraction of sp³-hybridized carbons (Fsp3) is 0.250. The van der Waals surface area contributed by atoms with E-state index in [1.807, 2.05) is 0 Å². The zero-order chi connectivity index (χ0) is 19.8. The van der Waals surface area contributed by atoms with Crippen molar-refractivity contribution in [2.24, 2.45) is 0 Å². The van der Waals surface area contributed by atoms with Crippen LogP contribution >= 0.6 is 11.6 Å². The molecule has 7 heteroatoms. The van der Waals surface area contributed by atoms with Crippen molar-refractivity contribution in [1.82, 2.24) is 4.90 Å². The summed E-state index contributed by atoms with van der Waals surface area (Å²) in [5.41, 5.74) is 2.00. The molecule has 144 valence electrons. The minimum absolute atomic E-state index is 0.00906. The first-order valence-electron chi connectivity index (χ1n) is 8.35. The van der Waals surface area contributed by atoms with E-state index in [4.69, 9.17) is 26.6 Å². The number of hydrogen-bond acceptors (Lipinski definition) is 5.